The Morgan fingerprint density at radius 3 is 2.14 bits per heavy atom. The molecule has 11 heteroatoms. The van der Waals surface area contributed by atoms with Gasteiger partial charge in [0.1, 0.15) is 16.7 Å². The molecule has 8 nitrogen and oxygen atoms in total. The Morgan fingerprint density at radius 1 is 1.06 bits per heavy atom. The lowest BCUT2D eigenvalue weighted by Crippen LogP contribution is -2.49. The molecular formula is C25H32F2N4O4S. The summed E-state index contributed by atoms with van der Waals surface area (Å²) in [7, 11) is 0.522. The molecule has 1 aliphatic heterocycles. The van der Waals surface area contributed by atoms with Gasteiger partial charge in [-0.15, -0.1) is 0 Å². The van der Waals surface area contributed by atoms with Crippen molar-refractivity contribution in [1.29, 1.82) is 0 Å². The summed E-state index contributed by atoms with van der Waals surface area (Å²) in [5, 5.41) is 12.1. The van der Waals surface area contributed by atoms with Gasteiger partial charge >= 0.3 is 5.97 Å². The van der Waals surface area contributed by atoms with Crippen molar-refractivity contribution in [3.63, 3.8) is 0 Å². The fourth-order valence-corrected chi connectivity index (χ4v) is 4.53. The Balaban J connectivity index is 1.49. The molecule has 0 spiro atoms. The molecule has 0 radical (unpaired) electrons. The quantitative estimate of drug-likeness (QED) is 0.369. The second-order valence-electron chi connectivity index (χ2n) is 8.47. The molecule has 3 N–H and O–H groups in total. The minimum Gasteiger partial charge on any atom is -0.478 e. The van der Waals surface area contributed by atoms with Gasteiger partial charge in [0, 0.05) is 57.9 Å². The van der Waals surface area contributed by atoms with Gasteiger partial charge < -0.3 is 15.2 Å². The number of nitrogens with one attached hydrogen (secondary N) is 2. The normalized spacial score (nSPS) is 16.2. The SMILES string of the molecule is CNCCN1CCN(CCNS(=O)c2ccc(Oc3c(F)cc(/C=C(\C)C(=O)O)cc3F)cc2)CC1. The molecule has 2 aromatic rings. The smallest absolute Gasteiger partial charge is 0.331 e. The van der Waals surface area contributed by atoms with Crippen molar-refractivity contribution < 1.29 is 27.6 Å². The lowest BCUT2D eigenvalue weighted by atomic mass is 10.1. The number of nitrogens with zero attached hydrogens (tertiary/aromatic N) is 2. The number of piperazine rings is 1. The van der Waals surface area contributed by atoms with Crippen molar-refractivity contribution >= 4 is 23.0 Å². The number of hydrogen-bond acceptors (Lipinski definition) is 6. The lowest BCUT2D eigenvalue weighted by Gasteiger charge is -2.34. The first-order chi connectivity index (χ1) is 17.3. The minimum atomic E-state index is -1.43. The monoisotopic (exact) mass is 522 g/mol. The third-order valence-electron chi connectivity index (χ3n) is 5.80. The van der Waals surface area contributed by atoms with Crippen LogP contribution in [-0.4, -0.2) is 84.5 Å². The van der Waals surface area contributed by atoms with E-state index in [0.29, 0.717) is 11.4 Å². The molecule has 0 saturated carbocycles. The van der Waals surface area contributed by atoms with Crippen LogP contribution in [0.2, 0.25) is 0 Å². The number of ether oxygens (including phenoxy) is 1. The van der Waals surface area contributed by atoms with Crippen molar-refractivity contribution in [2.75, 3.05) is 59.4 Å². The summed E-state index contributed by atoms with van der Waals surface area (Å²) in [5.74, 6) is -3.53. The lowest BCUT2D eigenvalue weighted by molar-refractivity contribution is -0.132. The molecule has 196 valence electrons. The molecule has 0 aliphatic carbocycles. The highest BCUT2D eigenvalue weighted by Gasteiger charge is 2.17. The van der Waals surface area contributed by atoms with Gasteiger partial charge in [0.15, 0.2) is 17.4 Å². The van der Waals surface area contributed by atoms with Crippen molar-refractivity contribution in [2.45, 2.75) is 11.8 Å². The summed E-state index contributed by atoms with van der Waals surface area (Å²) in [6.07, 6.45) is 1.17. The highest BCUT2D eigenvalue weighted by atomic mass is 32.2. The van der Waals surface area contributed by atoms with E-state index in [4.69, 9.17) is 9.84 Å². The Morgan fingerprint density at radius 2 is 1.61 bits per heavy atom. The molecule has 1 fully saturated rings. The van der Waals surface area contributed by atoms with Crippen molar-refractivity contribution in [3.05, 3.63) is 59.2 Å². The van der Waals surface area contributed by atoms with Gasteiger partial charge in [-0.05, 0) is 62.0 Å². The van der Waals surface area contributed by atoms with Crippen LogP contribution in [0.3, 0.4) is 0 Å². The number of hydrogen-bond donors (Lipinski definition) is 3. The number of likely N-dealkylation sites (N-methyl/N-ethyl adjacent to an activating group) is 1. The van der Waals surface area contributed by atoms with Crippen LogP contribution in [0.15, 0.2) is 46.9 Å². The number of rotatable bonds is 12. The Bertz CT molecular complexity index is 1070. The predicted octanol–water partition coefficient (Wildman–Crippen LogP) is 2.69. The maximum Gasteiger partial charge on any atom is 0.331 e. The van der Waals surface area contributed by atoms with E-state index in [1.807, 2.05) is 7.05 Å². The summed E-state index contributed by atoms with van der Waals surface area (Å²) in [6.45, 7) is 8.72. The van der Waals surface area contributed by atoms with E-state index in [1.54, 1.807) is 12.1 Å². The van der Waals surface area contributed by atoms with E-state index < -0.39 is 34.3 Å². The van der Waals surface area contributed by atoms with E-state index >= 15 is 0 Å². The third-order valence-corrected chi connectivity index (χ3v) is 6.97. The van der Waals surface area contributed by atoms with Crippen LogP contribution in [0.25, 0.3) is 6.08 Å². The van der Waals surface area contributed by atoms with E-state index in [-0.39, 0.29) is 16.9 Å². The highest BCUT2D eigenvalue weighted by Crippen LogP contribution is 2.29. The van der Waals surface area contributed by atoms with Gasteiger partial charge in [0.25, 0.3) is 0 Å². The van der Waals surface area contributed by atoms with Crippen LogP contribution in [0, 0.1) is 11.6 Å². The Hall–Kier alpha value is -2.70. The summed E-state index contributed by atoms with van der Waals surface area (Å²) in [6, 6.07) is 8.12. The van der Waals surface area contributed by atoms with Crippen LogP contribution in [0.5, 0.6) is 11.5 Å². The van der Waals surface area contributed by atoms with Crippen LogP contribution in [-0.2, 0) is 15.8 Å². The first-order valence-corrected chi connectivity index (χ1v) is 12.8. The molecule has 0 bridgehead atoms. The number of benzene rings is 2. The molecule has 1 heterocycles. The van der Waals surface area contributed by atoms with Crippen molar-refractivity contribution in [2.24, 2.45) is 0 Å². The van der Waals surface area contributed by atoms with Gasteiger partial charge in [0.2, 0.25) is 0 Å². The largest absolute Gasteiger partial charge is 0.478 e. The molecule has 0 aromatic heterocycles. The molecular weight excluding hydrogens is 490 g/mol. The highest BCUT2D eigenvalue weighted by molar-refractivity contribution is 7.83. The topological polar surface area (TPSA) is 94.1 Å². The van der Waals surface area contributed by atoms with Crippen LogP contribution in [0.1, 0.15) is 12.5 Å². The summed E-state index contributed by atoms with van der Waals surface area (Å²) in [4.78, 5) is 16.2. The van der Waals surface area contributed by atoms with Gasteiger partial charge in [-0.25, -0.2) is 22.5 Å². The van der Waals surface area contributed by atoms with E-state index in [2.05, 4.69) is 19.8 Å². The zero-order chi connectivity index (χ0) is 26.1. The van der Waals surface area contributed by atoms with Gasteiger partial charge in [-0.2, -0.15) is 0 Å². The molecule has 1 atom stereocenters. The van der Waals surface area contributed by atoms with Gasteiger partial charge in [0.05, 0.1) is 4.90 Å². The second-order valence-corrected chi connectivity index (χ2v) is 9.77. The number of carboxylic acids is 1. The first kappa shape index (κ1) is 27.9. The maximum atomic E-state index is 14.4. The zero-order valence-corrected chi connectivity index (χ0v) is 21.2. The molecule has 1 aliphatic rings. The maximum absolute atomic E-state index is 14.4. The standard InChI is InChI=1S/C25H32F2N4O4S/c1-18(25(32)33)15-19-16-22(26)24(23(27)17-19)35-20-3-5-21(6-4-20)36(34)29-8-10-31-13-11-30(12-14-31)9-7-28-2/h3-6,15-17,28-29H,7-14H2,1-2H3,(H,32,33)/b18-15+. The fraction of sp³-hybridized carbons (Fsp3) is 0.400. The van der Waals surface area contributed by atoms with Gasteiger partial charge in [-0.3, -0.25) is 9.80 Å². The number of halogens is 2. The number of aliphatic carboxylic acids is 1. The number of carbonyl (C=O) groups is 1. The molecule has 2 aromatic carbocycles. The van der Waals surface area contributed by atoms with E-state index in [9.17, 15) is 17.8 Å². The predicted molar refractivity (Wildman–Crippen MR) is 135 cm³/mol. The fourth-order valence-electron chi connectivity index (χ4n) is 3.71. The summed E-state index contributed by atoms with van der Waals surface area (Å²) < 4.78 is 49.8. The Labute approximate surface area is 212 Å². The van der Waals surface area contributed by atoms with Crippen molar-refractivity contribution in [3.8, 4) is 11.5 Å². The van der Waals surface area contributed by atoms with Crippen LogP contribution < -0.4 is 14.8 Å². The molecule has 1 saturated heterocycles. The summed E-state index contributed by atoms with van der Waals surface area (Å²) >= 11 is 0. The summed E-state index contributed by atoms with van der Waals surface area (Å²) in [5.41, 5.74) is 0.0205. The second kappa shape index (κ2) is 13.6. The Kier molecular flexibility index (Phi) is 10.5. The van der Waals surface area contributed by atoms with Crippen molar-refractivity contribution in [1.82, 2.24) is 19.8 Å². The van der Waals surface area contributed by atoms with Crippen LogP contribution >= 0.6 is 0 Å². The van der Waals surface area contributed by atoms with Gasteiger partial charge in [-0.1, -0.05) is 0 Å². The average molecular weight is 523 g/mol. The molecule has 1 unspecified atom stereocenters. The zero-order valence-electron chi connectivity index (χ0n) is 20.4. The molecule has 3 rings (SSSR count). The van der Waals surface area contributed by atoms with E-state index in [1.165, 1.54) is 25.1 Å². The third kappa shape index (κ3) is 8.17. The molecule has 36 heavy (non-hydrogen) atoms. The number of carboxylic acid groups (broad SMARTS) is 1. The first-order valence-electron chi connectivity index (χ1n) is 11.7. The van der Waals surface area contributed by atoms with E-state index in [0.717, 1.165) is 57.9 Å². The minimum absolute atomic E-state index is 0.0533. The van der Waals surface area contributed by atoms with Crippen LogP contribution in [0.4, 0.5) is 8.78 Å². The average Bonchev–Trinajstić information content (AvgIpc) is 2.86. The molecule has 0 amide bonds.